The highest BCUT2D eigenvalue weighted by atomic mass is 32.1. The smallest absolute Gasteiger partial charge is 0.302 e. The number of nitrogens with one attached hydrogen (secondary N) is 1. The van der Waals surface area contributed by atoms with Crippen LogP contribution in [0.25, 0.3) is 5.76 Å². The van der Waals surface area contributed by atoms with E-state index in [1.807, 2.05) is 0 Å². The minimum absolute atomic E-state index is 0.0179. The molecule has 9 heteroatoms. The maximum absolute atomic E-state index is 12.6. The second-order valence-electron chi connectivity index (χ2n) is 5.26. The molecule has 1 atom stereocenters. The van der Waals surface area contributed by atoms with Gasteiger partial charge in [0.2, 0.25) is 5.13 Å². The Bertz CT molecular complexity index is 951. The number of hydrogen-bond donors (Lipinski definition) is 2. The first-order valence-corrected chi connectivity index (χ1v) is 8.17. The van der Waals surface area contributed by atoms with E-state index in [9.17, 15) is 14.7 Å². The molecule has 8 nitrogen and oxygen atoms in total. The van der Waals surface area contributed by atoms with Gasteiger partial charge in [0.25, 0.3) is 5.78 Å². The lowest BCUT2D eigenvalue weighted by atomic mass is 9.99. The number of hydrogen-bond acceptors (Lipinski definition) is 7. The molecule has 1 aromatic carbocycles. The number of nitrogens with zero attached hydrogens (tertiary/aromatic N) is 4. The molecule has 0 saturated carbocycles. The summed E-state index contributed by atoms with van der Waals surface area (Å²) in [4.78, 5) is 33.3. The summed E-state index contributed by atoms with van der Waals surface area (Å²) in [6.45, 7) is 0. The number of aromatic amines is 1. The van der Waals surface area contributed by atoms with Gasteiger partial charge in [-0.15, -0.1) is 10.2 Å². The van der Waals surface area contributed by atoms with Crippen LogP contribution in [0.4, 0.5) is 5.13 Å². The average molecular weight is 353 g/mol. The minimum atomic E-state index is -0.851. The van der Waals surface area contributed by atoms with Gasteiger partial charge in [-0.25, -0.2) is 4.98 Å². The number of ketones is 1. The van der Waals surface area contributed by atoms with Crippen LogP contribution in [0.5, 0.6) is 0 Å². The number of H-pyrrole nitrogens is 1. The number of benzene rings is 1. The summed E-state index contributed by atoms with van der Waals surface area (Å²) < 4.78 is 0. The van der Waals surface area contributed by atoms with Gasteiger partial charge in [0.1, 0.15) is 17.3 Å². The summed E-state index contributed by atoms with van der Waals surface area (Å²) in [5.41, 5.74) is 2.39. The molecule has 2 N–H and O–H groups in total. The highest BCUT2D eigenvalue weighted by Gasteiger charge is 2.48. The third-order valence-corrected chi connectivity index (χ3v) is 4.55. The van der Waals surface area contributed by atoms with Crippen LogP contribution in [-0.4, -0.2) is 37.0 Å². The molecule has 1 fully saturated rings. The van der Waals surface area contributed by atoms with Crippen LogP contribution in [0, 0.1) is 0 Å². The second-order valence-corrected chi connectivity index (χ2v) is 6.08. The van der Waals surface area contributed by atoms with Gasteiger partial charge < -0.3 is 10.1 Å². The first-order valence-electron chi connectivity index (χ1n) is 7.29. The number of carbonyl (C=O) groups excluding carboxylic acids is 2. The molecular formula is C16H11N5O3S. The summed E-state index contributed by atoms with van der Waals surface area (Å²) in [6, 6.07) is 7.75. The van der Waals surface area contributed by atoms with Gasteiger partial charge in [0.05, 0.1) is 23.8 Å². The van der Waals surface area contributed by atoms with Gasteiger partial charge in [0.15, 0.2) is 0 Å². The Morgan fingerprint density at radius 3 is 2.68 bits per heavy atom. The van der Waals surface area contributed by atoms with Crippen LogP contribution in [0.1, 0.15) is 17.3 Å². The van der Waals surface area contributed by atoms with E-state index in [0.29, 0.717) is 11.3 Å². The third-order valence-electron chi connectivity index (χ3n) is 3.86. The highest BCUT2D eigenvalue weighted by molar-refractivity contribution is 7.13. The van der Waals surface area contributed by atoms with E-state index in [4.69, 9.17) is 0 Å². The van der Waals surface area contributed by atoms with E-state index in [1.165, 1.54) is 22.9 Å². The lowest BCUT2D eigenvalue weighted by molar-refractivity contribution is -0.132. The Hall–Kier alpha value is -3.33. The van der Waals surface area contributed by atoms with Gasteiger partial charge in [-0.1, -0.05) is 41.7 Å². The van der Waals surface area contributed by atoms with E-state index < -0.39 is 17.7 Å². The van der Waals surface area contributed by atoms with Crippen molar-refractivity contribution >= 4 is 33.9 Å². The maximum atomic E-state index is 12.6. The molecule has 124 valence electrons. The molecule has 1 aliphatic heterocycles. The number of aromatic nitrogens is 4. The lowest BCUT2D eigenvalue weighted by Gasteiger charge is -2.20. The van der Waals surface area contributed by atoms with Crippen molar-refractivity contribution in [2.24, 2.45) is 0 Å². The van der Waals surface area contributed by atoms with Gasteiger partial charge in [0, 0.05) is 5.56 Å². The Kier molecular flexibility index (Phi) is 3.62. The van der Waals surface area contributed by atoms with Gasteiger partial charge >= 0.3 is 5.91 Å². The normalized spacial score (nSPS) is 19.5. The van der Waals surface area contributed by atoms with Crippen molar-refractivity contribution in [1.29, 1.82) is 0 Å². The number of aliphatic hydroxyl groups excluding tert-OH is 1. The van der Waals surface area contributed by atoms with Crippen molar-refractivity contribution in [2.75, 3.05) is 4.90 Å². The fourth-order valence-electron chi connectivity index (χ4n) is 2.76. The van der Waals surface area contributed by atoms with Crippen molar-refractivity contribution in [3.05, 3.63) is 65.2 Å². The summed E-state index contributed by atoms with van der Waals surface area (Å²) in [5.74, 6) is -1.80. The molecule has 0 radical (unpaired) electrons. The first kappa shape index (κ1) is 15.2. The molecule has 3 aromatic rings. The highest BCUT2D eigenvalue weighted by Crippen LogP contribution is 2.41. The van der Waals surface area contributed by atoms with Crippen LogP contribution >= 0.6 is 11.3 Å². The Labute approximate surface area is 145 Å². The topological polar surface area (TPSA) is 112 Å². The molecule has 1 amide bonds. The number of imidazole rings is 1. The maximum Gasteiger partial charge on any atom is 0.302 e. The molecule has 3 heterocycles. The van der Waals surface area contributed by atoms with Crippen LogP contribution in [-0.2, 0) is 9.59 Å². The Morgan fingerprint density at radius 2 is 2.04 bits per heavy atom. The number of Topliss-reactive ketones (excluding diaryl/α,β-unsaturated/α-hetero) is 1. The van der Waals surface area contributed by atoms with Crippen LogP contribution in [0.3, 0.4) is 0 Å². The summed E-state index contributed by atoms with van der Waals surface area (Å²) in [7, 11) is 0. The number of anilines is 1. The van der Waals surface area contributed by atoms with E-state index >= 15 is 0 Å². The zero-order chi connectivity index (χ0) is 17.4. The van der Waals surface area contributed by atoms with Crippen molar-refractivity contribution in [3.8, 4) is 0 Å². The molecular weight excluding hydrogens is 342 g/mol. The van der Waals surface area contributed by atoms with E-state index in [2.05, 4.69) is 20.2 Å². The van der Waals surface area contributed by atoms with Gasteiger partial charge in [-0.3, -0.25) is 14.5 Å². The third kappa shape index (κ3) is 2.41. The molecule has 25 heavy (non-hydrogen) atoms. The molecule has 0 spiro atoms. The molecule has 0 bridgehead atoms. The fourth-order valence-corrected chi connectivity index (χ4v) is 3.35. The molecule has 0 aliphatic carbocycles. The second kappa shape index (κ2) is 5.95. The number of rotatable bonds is 3. The SMILES string of the molecule is O=C1C(=O)N(c2nncs2)C(c2cnc[nH]2)/C1=C(\O)c1ccccc1. The minimum Gasteiger partial charge on any atom is -0.507 e. The number of amides is 1. The molecule has 1 unspecified atom stereocenters. The summed E-state index contributed by atoms with van der Waals surface area (Å²) in [5, 5.41) is 18.6. The summed E-state index contributed by atoms with van der Waals surface area (Å²) >= 11 is 1.13. The van der Waals surface area contributed by atoms with Crippen molar-refractivity contribution in [2.45, 2.75) is 6.04 Å². The Balaban J connectivity index is 1.93. The standard InChI is InChI=1S/C16H11N5O3S/c22-13(9-4-2-1-3-5-9)11-12(10-6-17-7-18-10)21(15(24)14(11)23)16-20-19-8-25-16/h1-8,12,22H,(H,17,18)/b13-11+. The predicted molar refractivity (Wildman–Crippen MR) is 89.7 cm³/mol. The average Bonchev–Trinajstić information content (AvgIpc) is 3.37. The van der Waals surface area contributed by atoms with Gasteiger partial charge in [-0.05, 0) is 0 Å². The van der Waals surface area contributed by atoms with Gasteiger partial charge in [-0.2, -0.15) is 0 Å². The number of carbonyl (C=O) groups is 2. The largest absolute Gasteiger partial charge is 0.507 e. The lowest BCUT2D eigenvalue weighted by Crippen LogP contribution is -2.29. The molecule has 2 aromatic heterocycles. The van der Waals surface area contributed by atoms with Crippen LogP contribution in [0.15, 0.2) is 53.9 Å². The monoisotopic (exact) mass is 353 g/mol. The van der Waals surface area contributed by atoms with Crippen LogP contribution < -0.4 is 4.90 Å². The number of aliphatic hydroxyl groups is 1. The van der Waals surface area contributed by atoms with Crippen molar-refractivity contribution in [3.63, 3.8) is 0 Å². The zero-order valence-corrected chi connectivity index (χ0v) is 13.5. The first-order chi connectivity index (χ1) is 12.2. The van der Waals surface area contributed by atoms with E-state index in [1.54, 1.807) is 30.3 Å². The Morgan fingerprint density at radius 1 is 1.24 bits per heavy atom. The molecule has 1 aliphatic rings. The zero-order valence-electron chi connectivity index (χ0n) is 12.7. The predicted octanol–water partition coefficient (Wildman–Crippen LogP) is 1.89. The molecule has 1 saturated heterocycles. The van der Waals surface area contributed by atoms with E-state index in [0.717, 1.165) is 11.3 Å². The quantitative estimate of drug-likeness (QED) is 0.422. The fraction of sp³-hybridized carbons (Fsp3) is 0.0625. The summed E-state index contributed by atoms with van der Waals surface area (Å²) in [6.07, 6.45) is 2.95. The van der Waals surface area contributed by atoms with Crippen molar-refractivity contribution < 1.29 is 14.7 Å². The molecule has 4 rings (SSSR count). The van der Waals surface area contributed by atoms with Crippen molar-refractivity contribution in [1.82, 2.24) is 20.2 Å². The van der Waals surface area contributed by atoms with E-state index in [-0.39, 0.29) is 16.5 Å². The van der Waals surface area contributed by atoms with Crippen LogP contribution in [0.2, 0.25) is 0 Å².